The molecule has 3 N–H and O–H groups in total. The van der Waals surface area contributed by atoms with Gasteiger partial charge >= 0.3 is 12.0 Å². The van der Waals surface area contributed by atoms with E-state index in [2.05, 4.69) is 10.6 Å². The van der Waals surface area contributed by atoms with Gasteiger partial charge in [-0.25, -0.2) is 9.59 Å². The Hall–Kier alpha value is -1.30. The van der Waals surface area contributed by atoms with Gasteiger partial charge in [-0.05, 0) is 32.6 Å². The molecule has 2 unspecified atom stereocenters. The molecule has 0 spiro atoms. The standard InChI is InChI=1S/C14H28N2O4/c1-5-11(4)12(13(17)18)16-14(19)15-8-6-7-9-20-10(2)3/h10-12H,5-9H2,1-4H3,(H,17,18)(H2,15,16,19). The van der Waals surface area contributed by atoms with Crippen LogP contribution in [0.4, 0.5) is 4.79 Å². The number of hydrogen-bond donors (Lipinski definition) is 3. The van der Waals surface area contributed by atoms with Crippen molar-refractivity contribution in [2.45, 2.75) is 59.1 Å². The van der Waals surface area contributed by atoms with Crippen molar-refractivity contribution < 1.29 is 19.4 Å². The van der Waals surface area contributed by atoms with Crippen molar-refractivity contribution in [3.63, 3.8) is 0 Å². The van der Waals surface area contributed by atoms with Crippen LogP contribution in [0.1, 0.15) is 47.0 Å². The summed E-state index contributed by atoms with van der Waals surface area (Å²) in [5.41, 5.74) is 0. The highest BCUT2D eigenvalue weighted by Crippen LogP contribution is 2.07. The maximum absolute atomic E-state index is 11.6. The molecule has 118 valence electrons. The average molecular weight is 288 g/mol. The van der Waals surface area contributed by atoms with Gasteiger partial charge in [0.05, 0.1) is 6.10 Å². The van der Waals surface area contributed by atoms with Gasteiger partial charge < -0.3 is 20.5 Å². The average Bonchev–Trinajstić information content (AvgIpc) is 2.38. The number of rotatable bonds is 10. The van der Waals surface area contributed by atoms with Crippen LogP contribution in [-0.4, -0.2) is 42.4 Å². The second kappa shape index (κ2) is 10.5. The summed E-state index contributed by atoms with van der Waals surface area (Å²) in [5, 5.41) is 14.2. The van der Waals surface area contributed by atoms with E-state index in [0.29, 0.717) is 19.6 Å². The fourth-order valence-electron chi connectivity index (χ4n) is 1.62. The van der Waals surface area contributed by atoms with Crippen molar-refractivity contribution >= 4 is 12.0 Å². The summed E-state index contributed by atoms with van der Waals surface area (Å²) in [6.45, 7) is 8.85. The molecule has 0 heterocycles. The highest BCUT2D eigenvalue weighted by atomic mass is 16.5. The third kappa shape index (κ3) is 8.74. The molecule has 6 heteroatoms. The number of aliphatic carboxylic acids is 1. The number of nitrogens with one attached hydrogen (secondary N) is 2. The van der Waals surface area contributed by atoms with Crippen molar-refractivity contribution in [3.8, 4) is 0 Å². The minimum atomic E-state index is -1.00. The van der Waals surface area contributed by atoms with Gasteiger partial charge in [-0.3, -0.25) is 0 Å². The first-order valence-corrected chi connectivity index (χ1v) is 7.27. The van der Waals surface area contributed by atoms with Crippen molar-refractivity contribution in [2.75, 3.05) is 13.2 Å². The highest BCUT2D eigenvalue weighted by Gasteiger charge is 2.24. The van der Waals surface area contributed by atoms with E-state index in [1.807, 2.05) is 27.7 Å². The van der Waals surface area contributed by atoms with Crippen LogP contribution in [0.5, 0.6) is 0 Å². The van der Waals surface area contributed by atoms with Crippen LogP contribution < -0.4 is 10.6 Å². The Labute approximate surface area is 121 Å². The number of amides is 2. The van der Waals surface area contributed by atoms with Gasteiger partial charge in [0.1, 0.15) is 6.04 Å². The Morgan fingerprint density at radius 3 is 2.35 bits per heavy atom. The molecule has 6 nitrogen and oxygen atoms in total. The van der Waals surface area contributed by atoms with E-state index >= 15 is 0 Å². The summed E-state index contributed by atoms with van der Waals surface area (Å²) in [6.07, 6.45) is 2.59. The monoisotopic (exact) mass is 288 g/mol. The number of carboxylic acid groups (broad SMARTS) is 1. The Morgan fingerprint density at radius 1 is 1.20 bits per heavy atom. The van der Waals surface area contributed by atoms with Crippen LogP contribution >= 0.6 is 0 Å². The van der Waals surface area contributed by atoms with E-state index < -0.39 is 18.0 Å². The van der Waals surface area contributed by atoms with Crippen LogP contribution in [0, 0.1) is 5.92 Å². The zero-order valence-corrected chi connectivity index (χ0v) is 12.9. The molecule has 0 radical (unpaired) electrons. The maximum Gasteiger partial charge on any atom is 0.326 e. The lowest BCUT2D eigenvalue weighted by atomic mass is 9.99. The van der Waals surface area contributed by atoms with Crippen LogP contribution in [0.3, 0.4) is 0 Å². The number of ether oxygens (including phenoxy) is 1. The molecule has 0 aliphatic heterocycles. The summed E-state index contributed by atoms with van der Waals surface area (Å²) >= 11 is 0. The SMILES string of the molecule is CCC(C)C(NC(=O)NCCCCOC(C)C)C(=O)O. The normalized spacial score (nSPS) is 13.8. The second-order valence-corrected chi connectivity index (χ2v) is 5.23. The molecular weight excluding hydrogens is 260 g/mol. The third-order valence-corrected chi connectivity index (χ3v) is 3.07. The van der Waals surface area contributed by atoms with Crippen molar-refractivity contribution in [2.24, 2.45) is 5.92 Å². The predicted octanol–water partition coefficient (Wildman–Crippen LogP) is 1.99. The molecule has 0 aliphatic carbocycles. The van der Waals surface area contributed by atoms with Crippen molar-refractivity contribution in [3.05, 3.63) is 0 Å². The molecule has 2 amide bonds. The van der Waals surface area contributed by atoms with Gasteiger partial charge in [-0.1, -0.05) is 20.3 Å². The lowest BCUT2D eigenvalue weighted by Crippen LogP contribution is -2.49. The zero-order valence-electron chi connectivity index (χ0n) is 12.9. The second-order valence-electron chi connectivity index (χ2n) is 5.23. The van der Waals surface area contributed by atoms with E-state index in [-0.39, 0.29) is 12.0 Å². The van der Waals surface area contributed by atoms with Gasteiger partial charge in [0.25, 0.3) is 0 Å². The number of hydrogen-bond acceptors (Lipinski definition) is 3. The van der Waals surface area contributed by atoms with Gasteiger partial charge in [0, 0.05) is 13.2 Å². The molecule has 20 heavy (non-hydrogen) atoms. The van der Waals surface area contributed by atoms with Gasteiger partial charge in [-0.2, -0.15) is 0 Å². The molecule has 0 saturated heterocycles. The number of carbonyl (C=O) groups is 2. The van der Waals surface area contributed by atoms with Crippen LogP contribution in [-0.2, 0) is 9.53 Å². The lowest BCUT2D eigenvalue weighted by molar-refractivity contribution is -0.140. The molecule has 0 rings (SSSR count). The zero-order chi connectivity index (χ0) is 15.5. The first-order chi connectivity index (χ1) is 9.38. The van der Waals surface area contributed by atoms with Gasteiger partial charge in [0.15, 0.2) is 0 Å². The van der Waals surface area contributed by atoms with Gasteiger partial charge in [-0.15, -0.1) is 0 Å². The summed E-state index contributed by atoms with van der Waals surface area (Å²) < 4.78 is 5.38. The third-order valence-electron chi connectivity index (χ3n) is 3.07. The fraction of sp³-hybridized carbons (Fsp3) is 0.857. The van der Waals surface area contributed by atoms with E-state index in [0.717, 1.165) is 12.8 Å². The summed E-state index contributed by atoms with van der Waals surface area (Å²) in [4.78, 5) is 22.7. The summed E-state index contributed by atoms with van der Waals surface area (Å²) in [6, 6.07) is -1.27. The Bertz CT molecular complexity index is 295. The predicted molar refractivity (Wildman–Crippen MR) is 77.7 cm³/mol. The first kappa shape index (κ1) is 18.7. The quantitative estimate of drug-likeness (QED) is 0.536. The van der Waals surface area contributed by atoms with Crippen LogP contribution in [0.25, 0.3) is 0 Å². The largest absolute Gasteiger partial charge is 0.480 e. The van der Waals surface area contributed by atoms with Crippen molar-refractivity contribution in [1.82, 2.24) is 10.6 Å². The number of unbranched alkanes of at least 4 members (excludes halogenated alkanes) is 1. The number of carbonyl (C=O) groups excluding carboxylic acids is 1. The summed E-state index contributed by atoms with van der Waals surface area (Å²) in [7, 11) is 0. The minimum Gasteiger partial charge on any atom is -0.480 e. The molecule has 0 aliphatic rings. The Morgan fingerprint density at radius 2 is 1.85 bits per heavy atom. The minimum absolute atomic E-state index is 0.0994. The van der Waals surface area contributed by atoms with Crippen LogP contribution in [0.15, 0.2) is 0 Å². The van der Waals surface area contributed by atoms with E-state index in [1.54, 1.807) is 0 Å². The molecule has 0 fully saturated rings. The van der Waals surface area contributed by atoms with Crippen LogP contribution in [0.2, 0.25) is 0 Å². The molecule has 0 aromatic heterocycles. The van der Waals surface area contributed by atoms with Gasteiger partial charge in [0.2, 0.25) is 0 Å². The topological polar surface area (TPSA) is 87.7 Å². The lowest BCUT2D eigenvalue weighted by Gasteiger charge is -2.20. The molecule has 2 atom stereocenters. The first-order valence-electron chi connectivity index (χ1n) is 7.27. The summed E-state index contributed by atoms with van der Waals surface area (Å²) in [5.74, 6) is -1.10. The number of carboxylic acids is 1. The molecule has 0 saturated carbocycles. The van der Waals surface area contributed by atoms with E-state index in [1.165, 1.54) is 0 Å². The fourth-order valence-corrected chi connectivity index (χ4v) is 1.62. The molecular formula is C14H28N2O4. The van der Waals surface area contributed by atoms with E-state index in [9.17, 15) is 9.59 Å². The highest BCUT2D eigenvalue weighted by molar-refractivity contribution is 5.82. The molecule has 0 aromatic rings. The Balaban J connectivity index is 3.83. The molecule has 0 bridgehead atoms. The number of urea groups is 1. The molecule has 0 aromatic carbocycles. The Kier molecular flexibility index (Phi) is 9.80. The van der Waals surface area contributed by atoms with Crippen molar-refractivity contribution in [1.29, 1.82) is 0 Å². The smallest absolute Gasteiger partial charge is 0.326 e. The maximum atomic E-state index is 11.6. The van der Waals surface area contributed by atoms with E-state index in [4.69, 9.17) is 9.84 Å².